The number of carbonyl (C=O) groups excluding carboxylic acids is 1. The summed E-state index contributed by atoms with van der Waals surface area (Å²) in [4.78, 5) is 14.9. The zero-order valence-corrected chi connectivity index (χ0v) is 15.3. The van der Waals surface area contributed by atoms with Gasteiger partial charge in [-0.2, -0.15) is 0 Å². The van der Waals surface area contributed by atoms with Gasteiger partial charge >= 0.3 is 0 Å². The molecule has 134 valence electrons. The van der Waals surface area contributed by atoms with Crippen LogP contribution in [0.5, 0.6) is 0 Å². The van der Waals surface area contributed by atoms with Gasteiger partial charge in [0.25, 0.3) is 0 Å². The second-order valence-corrected chi connectivity index (χ2v) is 7.17. The Morgan fingerprint density at radius 1 is 1.29 bits per heavy atom. The van der Waals surface area contributed by atoms with E-state index in [-0.39, 0.29) is 36.1 Å². The number of likely N-dealkylation sites (tertiary alicyclic amines) is 1. The third kappa shape index (κ3) is 3.87. The van der Waals surface area contributed by atoms with Gasteiger partial charge in [-0.3, -0.25) is 4.79 Å². The summed E-state index contributed by atoms with van der Waals surface area (Å²) in [6, 6.07) is 4.81. The number of nitrogens with two attached hydrogens (primary N) is 1. The summed E-state index contributed by atoms with van der Waals surface area (Å²) in [5.41, 5.74) is 6.35. The molecular weight excluding hydrogens is 350 g/mol. The van der Waals surface area contributed by atoms with Gasteiger partial charge < -0.3 is 10.6 Å². The van der Waals surface area contributed by atoms with E-state index in [0.717, 1.165) is 38.6 Å². The molecule has 0 spiro atoms. The maximum atomic E-state index is 14.0. The summed E-state index contributed by atoms with van der Waals surface area (Å²) >= 11 is 6.15. The van der Waals surface area contributed by atoms with E-state index in [2.05, 4.69) is 0 Å². The summed E-state index contributed by atoms with van der Waals surface area (Å²) in [6.07, 6.45) is 5.45. The van der Waals surface area contributed by atoms with Crippen molar-refractivity contribution in [2.75, 3.05) is 13.1 Å². The van der Waals surface area contributed by atoms with Crippen molar-refractivity contribution in [2.24, 2.45) is 17.6 Å². The van der Waals surface area contributed by atoms with E-state index in [1.807, 2.05) is 4.90 Å². The van der Waals surface area contributed by atoms with Crippen LogP contribution >= 0.6 is 24.0 Å². The average Bonchev–Trinajstić information content (AvgIpc) is 3.19. The summed E-state index contributed by atoms with van der Waals surface area (Å²) in [5.74, 6) is 0.294. The Labute approximate surface area is 154 Å². The number of rotatable bonds is 4. The molecule has 1 amide bonds. The summed E-state index contributed by atoms with van der Waals surface area (Å²) < 4.78 is 14.0. The van der Waals surface area contributed by atoms with Crippen LogP contribution in [0.4, 0.5) is 4.39 Å². The first kappa shape index (κ1) is 19.5. The maximum Gasteiger partial charge on any atom is 0.226 e. The molecule has 2 fully saturated rings. The molecule has 2 N–H and O–H groups in total. The van der Waals surface area contributed by atoms with Crippen LogP contribution in [-0.2, 0) is 11.2 Å². The highest BCUT2D eigenvalue weighted by atomic mass is 35.5. The second-order valence-electron chi connectivity index (χ2n) is 6.77. The van der Waals surface area contributed by atoms with Crippen LogP contribution in [0.15, 0.2) is 18.2 Å². The highest BCUT2D eigenvalue weighted by molar-refractivity contribution is 6.31. The molecule has 0 aromatic heterocycles. The van der Waals surface area contributed by atoms with E-state index in [1.54, 1.807) is 12.1 Å². The minimum absolute atomic E-state index is 0. The summed E-state index contributed by atoms with van der Waals surface area (Å²) in [6.45, 7) is 1.34. The zero-order chi connectivity index (χ0) is 16.4. The monoisotopic (exact) mass is 374 g/mol. The van der Waals surface area contributed by atoms with Crippen molar-refractivity contribution in [3.05, 3.63) is 34.6 Å². The molecular formula is C18H25Cl2FN2O. The molecule has 1 aliphatic heterocycles. The molecule has 2 aliphatic rings. The number of hydrogen-bond acceptors (Lipinski definition) is 2. The number of carbonyl (C=O) groups is 1. The summed E-state index contributed by atoms with van der Waals surface area (Å²) in [7, 11) is 0. The van der Waals surface area contributed by atoms with E-state index >= 15 is 0 Å². The molecule has 6 heteroatoms. The van der Waals surface area contributed by atoms with Gasteiger partial charge in [0.1, 0.15) is 5.82 Å². The van der Waals surface area contributed by atoms with E-state index in [9.17, 15) is 9.18 Å². The Kier molecular flexibility index (Phi) is 6.90. The molecule has 1 unspecified atom stereocenters. The molecule has 3 nitrogen and oxygen atoms in total. The van der Waals surface area contributed by atoms with Crippen molar-refractivity contribution in [2.45, 2.75) is 44.6 Å². The molecule has 1 saturated carbocycles. The predicted octanol–water partition coefficient (Wildman–Crippen LogP) is 3.81. The van der Waals surface area contributed by atoms with Crippen LogP contribution in [0, 0.1) is 17.7 Å². The van der Waals surface area contributed by atoms with Crippen molar-refractivity contribution in [3.63, 3.8) is 0 Å². The van der Waals surface area contributed by atoms with Gasteiger partial charge in [0, 0.05) is 29.1 Å². The molecule has 1 heterocycles. The van der Waals surface area contributed by atoms with Crippen LogP contribution in [0.1, 0.15) is 37.7 Å². The van der Waals surface area contributed by atoms with Crippen molar-refractivity contribution in [1.29, 1.82) is 0 Å². The molecule has 3 rings (SSSR count). The molecule has 1 aromatic carbocycles. The fourth-order valence-electron chi connectivity index (χ4n) is 4.16. The first-order valence-electron chi connectivity index (χ1n) is 8.55. The van der Waals surface area contributed by atoms with Gasteiger partial charge in [-0.25, -0.2) is 4.39 Å². The van der Waals surface area contributed by atoms with Crippen LogP contribution in [0.2, 0.25) is 5.02 Å². The number of hydrogen-bond donors (Lipinski definition) is 1. The van der Waals surface area contributed by atoms with Crippen LogP contribution < -0.4 is 5.73 Å². The lowest BCUT2D eigenvalue weighted by atomic mass is 9.94. The number of amides is 1. The fraction of sp³-hybridized carbons (Fsp3) is 0.611. The molecule has 1 saturated heterocycles. The predicted molar refractivity (Wildman–Crippen MR) is 97.0 cm³/mol. The topological polar surface area (TPSA) is 46.3 Å². The van der Waals surface area contributed by atoms with Gasteiger partial charge in [-0.05, 0) is 56.7 Å². The van der Waals surface area contributed by atoms with E-state index in [4.69, 9.17) is 17.3 Å². The summed E-state index contributed by atoms with van der Waals surface area (Å²) in [5, 5.41) is 0.449. The maximum absolute atomic E-state index is 14.0. The van der Waals surface area contributed by atoms with Crippen LogP contribution in [0.3, 0.4) is 0 Å². The van der Waals surface area contributed by atoms with Crippen molar-refractivity contribution < 1.29 is 9.18 Å². The second kappa shape index (κ2) is 8.50. The average molecular weight is 375 g/mol. The van der Waals surface area contributed by atoms with Gasteiger partial charge in [0.2, 0.25) is 5.91 Å². The van der Waals surface area contributed by atoms with Gasteiger partial charge in [0.15, 0.2) is 0 Å². The van der Waals surface area contributed by atoms with Crippen molar-refractivity contribution in [1.82, 2.24) is 4.90 Å². The highest BCUT2D eigenvalue weighted by Crippen LogP contribution is 2.35. The lowest BCUT2D eigenvalue weighted by molar-refractivity contribution is -0.137. The molecule has 0 radical (unpaired) electrons. The Morgan fingerprint density at radius 2 is 2.08 bits per heavy atom. The van der Waals surface area contributed by atoms with Crippen LogP contribution in [0.25, 0.3) is 0 Å². The largest absolute Gasteiger partial charge is 0.339 e. The van der Waals surface area contributed by atoms with Gasteiger partial charge in [0.05, 0.1) is 0 Å². The quantitative estimate of drug-likeness (QED) is 0.870. The van der Waals surface area contributed by atoms with E-state index < -0.39 is 0 Å². The Bertz CT molecular complexity index is 564. The SMILES string of the molecule is Cl.NC[C@H]1CCC[C@H]1C(=O)N1CCCC1Cc1c(F)cccc1Cl. The first-order chi connectivity index (χ1) is 11.1. The smallest absolute Gasteiger partial charge is 0.226 e. The Balaban J connectivity index is 0.00000208. The molecule has 24 heavy (non-hydrogen) atoms. The number of halogens is 3. The minimum atomic E-state index is -0.280. The third-order valence-electron chi connectivity index (χ3n) is 5.44. The normalized spacial score (nSPS) is 26.5. The van der Waals surface area contributed by atoms with Gasteiger partial charge in [-0.15, -0.1) is 12.4 Å². The Morgan fingerprint density at radius 3 is 2.79 bits per heavy atom. The van der Waals surface area contributed by atoms with Gasteiger partial charge in [-0.1, -0.05) is 24.1 Å². The minimum Gasteiger partial charge on any atom is -0.339 e. The Hall–Kier alpha value is -0.840. The van der Waals surface area contributed by atoms with Crippen molar-refractivity contribution in [3.8, 4) is 0 Å². The number of benzene rings is 1. The first-order valence-corrected chi connectivity index (χ1v) is 8.93. The molecule has 1 aromatic rings. The third-order valence-corrected chi connectivity index (χ3v) is 5.79. The fourth-order valence-corrected chi connectivity index (χ4v) is 4.40. The van der Waals surface area contributed by atoms with E-state index in [0.29, 0.717) is 29.5 Å². The molecule has 1 aliphatic carbocycles. The number of nitrogens with zero attached hydrogens (tertiary/aromatic N) is 1. The molecule has 3 atom stereocenters. The van der Waals surface area contributed by atoms with E-state index in [1.165, 1.54) is 6.07 Å². The lowest BCUT2D eigenvalue weighted by Gasteiger charge is -2.30. The zero-order valence-electron chi connectivity index (χ0n) is 13.7. The standard InChI is InChI=1S/C18H24ClFN2O.ClH/c19-16-7-2-8-17(20)15(16)10-13-5-3-9-22(13)18(23)14-6-1-4-12(14)11-21;/h2,7-8,12-14H,1,3-6,9-11,21H2;1H/t12-,13?,14-;/m1./s1. The van der Waals surface area contributed by atoms with Crippen LogP contribution in [-0.4, -0.2) is 29.9 Å². The highest BCUT2D eigenvalue weighted by Gasteiger charge is 2.38. The van der Waals surface area contributed by atoms with Crippen molar-refractivity contribution >= 4 is 29.9 Å². The lowest BCUT2D eigenvalue weighted by Crippen LogP contribution is -2.42. The molecule has 0 bridgehead atoms.